The van der Waals surface area contributed by atoms with Crippen LogP contribution in [0.3, 0.4) is 0 Å². The maximum absolute atomic E-state index is 5.99. The van der Waals surface area contributed by atoms with Crippen molar-refractivity contribution in [3.63, 3.8) is 0 Å². The van der Waals surface area contributed by atoms with E-state index in [4.69, 9.17) is 18.9 Å². The summed E-state index contributed by atoms with van der Waals surface area (Å²) in [5.41, 5.74) is 5.47. The second-order valence-corrected chi connectivity index (χ2v) is 10.6. The van der Waals surface area contributed by atoms with Crippen LogP contribution in [0, 0.1) is 0 Å². The first kappa shape index (κ1) is 25.2. The Kier molecular flexibility index (Phi) is 7.92. The van der Waals surface area contributed by atoms with E-state index in [9.17, 15) is 0 Å². The van der Waals surface area contributed by atoms with Gasteiger partial charge in [-0.3, -0.25) is 0 Å². The van der Waals surface area contributed by atoms with Gasteiger partial charge in [0.1, 0.15) is 36.9 Å². The Bertz CT molecular complexity index is 939. The summed E-state index contributed by atoms with van der Waals surface area (Å²) in [5, 5.41) is 0. The molecule has 0 N–H and O–H groups in total. The summed E-state index contributed by atoms with van der Waals surface area (Å²) < 4.78 is 22.6. The highest BCUT2D eigenvalue weighted by Gasteiger charge is 2.32. The number of aryl methyl sites for hydroxylation is 2. The second kappa shape index (κ2) is 11.3. The Hall–Kier alpha value is -2.44. The summed E-state index contributed by atoms with van der Waals surface area (Å²) in [7, 11) is 0. The lowest BCUT2D eigenvalue weighted by atomic mass is 9.99. The van der Waals surface area contributed by atoms with Crippen molar-refractivity contribution in [3.05, 3.63) is 47.5 Å². The number of hydrogen-bond acceptors (Lipinski definition) is 6. The molecule has 3 saturated heterocycles. The third kappa shape index (κ3) is 6.09. The van der Waals surface area contributed by atoms with E-state index in [0.717, 1.165) is 63.5 Å². The molecule has 6 nitrogen and oxygen atoms in total. The topological polar surface area (TPSA) is 50.0 Å². The van der Waals surface area contributed by atoms with Crippen molar-refractivity contribution in [3.8, 4) is 11.5 Å². The Labute approximate surface area is 216 Å². The van der Waals surface area contributed by atoms with E-state index in [1.165, 1.54) is 22.5 Å². The van der Waals surface area contributed by atoms with Crippen LogP contribution in [-0.4, -0.2) is 63.8 Å². The zero-order chi connectivity index (χ0) is 25.1. The van der Waals surface area contributed by atoms with Crippen LogP contribution >= 0.6 is 0 Å². The van der Waals surface area contributed by atoms with Gasteiger partial charge in [0.05, 0.1) is 13.2 Å². The van der Waals surface area contributed by atoms with Crippen molar-refractivity contribution in [1.29, 1.82) is 0 Å². The Morgan fingerprint density at radius 3 is 1.50 bits per heavy atom. The van der Waals surface area contributed by atoms with Crippen molar-refractivity contribution in [2.45, 2.75) is 77.7 Å². The van der Waals surface area contributed by atoms with Gasteiger partial charge in [-0.1, -0.05) is 26.7 Å². The molecule has 3 heterocycles. The third-order valence-corrected chi connectivity index (χ3v) is 7.42. The second-order valence-electron chi connectivity index (χ2n) is 10.6. The van der Waals surface area contributed by atoms with Crippen LogP contribution in [0.25, 0.3) is 0 Å². The molecule has 36 heavy (non-hydrogen) atoms. The monoisotopic (exact) mass is 494 g/mol. The number of nitrogens with zero attached hydrogens (tertiary/aromatic N) is 2. The quantitative estimate of drug-likeness (QED) is 0.376. The molecule has 3 aliphatic heterocycles. The standard InChI is InChI=1S/C30H42N2O4/c1-5-7-23-13-25(33-17-27-19-35-27)9-11-29(23)31-15-22(4)32(16-21(31)3)30-12-10-26(14-24(30)8-6-2)34-18-28-20-36-28/h9-14,21-22,27-28H,5-8,15-20H2,1-4H3. The van der Waals surface area contributed by atoms with Crippen LogP contribution in [0.1, 0.15) is 51.7 Å². The molecule has 2 aromatic carbocycles. The number of anilines is 2. The predicted octanol–water partition coefficient (Wildman–Crippen LogP) is 5.25. The van der Waals surface area contributed by atoms with Crippen LogP contribution in [0.5, 0.6) is 11.5 Å². The summed E-state index contributed by atoms with van der Waals surface area (Å²) in [6.45, 7) is 14.2. The zero-order valence-corrected chi connectivity index (χ0v) is 22.4. The summed E-state index contributed by atoms with van der Waals surface area (Å²) in [5.74, 6) is 1.91. The lowest BCUT2D eigenvalue weighted by molar-refractivity contribution is 0.263. The average molecular weight is 495 g/mol. The van der Waals surface area contributed by atoms with E-state index in [2.05, 4.69) is 73.9 Å². The highest BCUT2D eigenvalue weighted by molar-refractivity contribution is 5.62. The lowest BCUT2D eigenvalue weighted by Gasteiger charge is -2.47. The summed E-state index contributed by atoms with van der Waals surface area (Å²) in [6, 6.07) is 14.1. The fraction of sp³-hybridized carbons (Fsp3) is 0.600. The third-order valence-electron chi connectivity index (χ3n) is 7.42. The largest absolute Gasteiger partial charge is 0.491 e. The number of rotatable bonds is 12. The van der Waals surface area contributed by atoms with Gasteiger partial charge in [0.25, 0.3) is 0 Å². The van der Waals surface area contributed by atoms with Gasteiger partial charge >= 0.3 is 0 Å². The molecule has 0 bridgehead atoms. The van der Waals surface area contributed by atoms with E-state index in [0.29, 0.717) is 25.3 Å². The Morgan fingerprint density at radius 2 is 1.14 bits per heavy atom. The molecule has 196 valence electrons. The van der Waals surface area contributed by atoms with Gasteiger partial charge in [-0.25, -0.2) is 0 Å². The maximum Gasteiger partial charge on any atom is 0.119 e. The minimum absolute atomic E-state index is 0.277. The normalized spacial score (nSPS) is 25.1. The Balaban J connectivity index is 1.31. The van der Waals surface area contributed by atoms with E-state index in [-0.39, 0.29) is 12.2 Å². The van der Waals surface area contributed by atoms with Crippen molar-refractivity contribution in [2.75, 3.05) is 49.3 Å². The summed E-state index contributed by atoms with van der Waals surface area (Å²) in [4.78, 5) is 5.21. The first-order valence-electron chi connectivity index (χ1n) is 13.8. The molecule has 0 saturated carbocycles. The molecule has 0 aromatic heterocycles. The molecule has 4 atom stereocenters. The van der Waals surface area contributed by atoms with Gasteiger partial charge in [0.15, 0.2) is 0 Å². The number of epoxide rings is 2. The highest BCUT2D eigenvalue weighted by atomic mass is 16.6. The minimum Gasteiger partial charge on any atom is -0.491 e. The molecule has 3 aliphatic rings. The maximum atomic E-state index is 5.99. The van der Waals surface area contributed by atoms with Gasteiger partial charge in [-0.15, -0.1) is 0 Å². The zero-order valence-electron chi connectivity index (χ0n) is 22.4. The van der Waals surface area contributed by atoms with Crippen molar-refractivity contribution in [2.24, 2.45) is 0 Å². The first-order valence-corrected chi connectivity index (χ1v) is 13.8. The minimum atomic E-state index is 0.277. The molecule has 0 aliphatic carbocycles. The average Bonchev–Trinajstić information content (AvgIpc) is 3.79. The molecule has 2 aromatic rings. The molecule has 0 spiro atoms. The lowest BCUT2D eigenvalue weighted by Crippen LogP contribution is -2.57. The van der Waals surface area contributed by atoms with Crippen molar-refractivity contribution < 1.29 is 18.9 Å². The summed E-state index contributed by atoms with van der Waals surface area (Å²) >= 11 is 0. The smallest absolute Gasteiger partial charge is 0.119 e. The number of piperazine rings is 1. The van der Waals surface area contributed by atoms with Gasteiger partial charge in [0.2, 0.25) is 0 Å². The molecule has 3 fully saturated rings. The van der Waals surface area contributed by atoms with Gasteiger partial charge in [0, 0.05) is 36.5 Å². The molecule has 0 radical (unpaired) electrons. The van der Waals surface area contributed by atoms with Gasteiger partial charge in [-0.2, -0.15) is 0 Å². The van der Waals surface area contributed by atoms with E-state index >= 15 is 0 Å². The van der Waals surface area contributed by atoms with Gasteiger partial charge < -0.3 is 28.7 Å². The van der Waals surface area contributed by atoms with E-state index in [1.807, 2.05) is 0 Å². The van der Waals surface area contributed by atoms with E-state index < -0.39 is 0 Å². The number of ether oxygens (including phenoxy) is 4. The first-order chi connectivity index (χ1) is 17.6. The van der Waals surface area contributed by atoms with Crippen LogP contribution < -0.4 is 19.3 Å². The van der Waals surface area contributed by atoms with Crippen molar-refractivity contribution >= 4 is 11.4 Å². The van der Waals surface area contributed by atoms with Crippen LogP contribution in [0.4, 0.5) is 11.4 Å². The SMILES string of the molecule is CCCc1cc(OCC2CO2)ccc1N1CC(C)N(c2ccc(OCC3CO3)cc2CCC)CC1C. The number of benzene rings is 2. The molecule has 5 rings (SSSR count). The summed E-state index contributed by atoms with van der Waals surface area (Å²) in [6.07, 6.45) is 4.91. The fourth-order valence-corrected chi connectivity index (χ4v) is 5.31. The van der Waals surface area contributed by atoms with Crippen molar-refractivity contribution in [1.82, 2.24) is 0 Å². The number of hydrogen-bond donors (Lipinski definition) is 0. The van der Waals surface area contributed by atoms with E-state index in [1.54, 1.807) is 0 Å². The van der Waals surface area contributed by atoms with Crippen LogP contribution in [0.15, 0.2) is 36.4 Å². The molecular formula is C30H42N2O4. The van der Waals surface area contributed by atoms with Gasteiger partial charge in [-0.05, 0) is 74.2 Å². The van der Waals surface area contributed by atoms with Crippen LogP contribution in [-0.2, 0) is 22.3 Å². The molecule has 0 amide bonds. The van der Waals surface area contributed by atoms with Crippen LogP contribution in [0.2, 0.25) is 0 Å². The highest BCUT2D eigenvalue weighted by Crippen LogP contribution is 2.35. The molecular weight excluding hydrogens is 452 g/mol. The fourth-order valence-electron chi connectivity index (χ4n) is 5.31. The Morgan fingerprint density at radius 1 is 0.722 bits per heavy atom. The molecule has 4 unspecified atom stereocenters. The molecule has 6 heteroatoms. The predicted molar refractivity (Wildman–Crippen MR) is 145 cm³/mol.